The van der Waals surface area contributed by atoms with Crippen LogP contribution in [0.1, 0.15) is 35.0 Å². The number of thiazole rings is 1. The molecule has 0 radical (unpaired) electrons. The van der Waals surface area contributed by atoms with Crippen LogP contribution in [-0.2, 0) is 19.4 Å². The summed E-state index contributed by atoms with van der Waals surface area (Å²) in [5.41, 5.74) is 2.45. The second kappa shape index (κ2) is 7.04. The molecule has 2 aromatic rings. The number of aromatic nitrogens is 1. The minimum absolute atomic E-state index is 0.789. The van der Waals surface area contributed by atoms with Gasteiger partial charge >= 0.3 is 0 Å². The average molecular weight is 295 g/mol. The van der Waals surface area contributed by atoms with E-state index in [-0.39, 0.29) is 0 Å². The molecule has 1 aromatic heterocycles. The summed E-state index contributed by atoms with van der Waals surface area (Å²) in [5, 5.41) is 5.34. The number of nitrogens with zero attached hydrogens (tertiary/aromatic N) is 1. The van der Waals surface area contributed by atoms with Crippen LogP contribution in [0.4, 0.5) is 0 Å². The first kappa shape index (κ1) is 14.5. The zero-order valence-corrected chi connectivity index (χ0v) is 12.9. The number of aryl methyl sites for hydroxylation is 1. The minimum atomic E-state index is 0.789. The summed E-state index contributed by atoms with van der Waals surface area (Å²) in [7, 11) is 0. The van der Waals surface area contributed by atoms with Crippen LogP contribution in [0.5, 0.6) is 0 Å². The Kier molecular flexibility index (Phi) is 5.37. The van der Waals surface area contributed by atoms with Gasteiger partial charge in [0.15, 0.2) is 0 Å². The maximum Gasteiger partial charge on any atom is 0.0975 e. The number of benzene rings is 1. The van der Waals surface area contributed by atoms with Gasteiger partial charge < -0.3 is 5.32 Å². The monoisotopic (exact) mass is 294 g/mol. The Labute approximate surface area is 123 Å². The van der Waals surface area contributed by atoms with E-state index in [2.05, 4.69) is 25.2 Å². The lowest BCUT2D eigenvalue weighted by atomic mass is 10.2. The molecule has 1 N–H and O–H groups in total. The molecular formula is C15H19ClN2S. The molecule has 19 heavy (non-hydrogen) atoms. The largest absolute Gasteiger partial charge is 0.312 e. The summed E-state index contributed by atoms with van der Waals surface area (Å²) in [5.74, 6) is 0. The van der Waals surface area contributed by atoms with Crippen molar-refractivity contribution in [3.05, 3.63) is 50.4 Å². The lowest BCUT2D eigenvalue weighted by molar-refractivity contribution is 0.727. The van der Waals surface area contributed by atoms with E-state index in [0.29, 0.717) is 0 Å². The number of rotatable bonds is 6. The normalized spacial score (nSPS) is 10.9. The fourth-order valence-corrected chi connectivity index (χ4v) is 3.36. The maximum absolute atomic E-state index is 6.02. The van der Waals surface area contributed by atoms with E-state index < -0.39 is 0 Å². The SMILES string of the molecule is CCNCc1sc(Cc2cccc(Cl)c2)nc1CC. The Balaban J connectivity index is 2.14. The first-order valence-corrected chi connectivity index (χ1v) is 7.85. The highest BCUT2D eigenvalue weighted by molar-refractivity contribution is 7.11. The highest BCUT2D eigenvalue weighted by Gasteiger charge is 2.09. The van der Waals surface area contributed by atoms with Gasteiger partial charge in [-0.15, -0.1) is 11.3 Å². The Morgan fingerprint density at radius 1 is 1.32 bits per heavy atom. The van der Waals surface area contributed by atoms with Gasteiger partial charge in [0.05, 0.1) is 10.7 Å². The second-order valence-corrected chi connectivity index (χ2v) is 6.02. The molecule has 102 valence electrons. The summed E-state index contributed by atoms with van der Waals surface area (Å²) in [6.45, 7) is 6.20. The molecule has 2 rings (SSSR count). The van der Waals surface area contributed by atoms with Gasteiger partial charge in [0.1, 0.15) is 0 Å². The molecule has 0 atom stereocenters. The van der Waals surface area contributed by atoms with Crippen LogP contribution in [0.15, 0.2) is 24.3 Å². The molecule has 0 saturated carbocycles. The minimum Gasteiger partial charge on any atom is -0.312 e. The van der Waals surface area contributed by atoms with Crippen molar-refractivity contribution >= 4 is 22.9 Å². The van der Waals surface area contributed by atoms with Crippen molar-refractivity contribution < 1.29 is 0 Å². The molecule has 0 fully saturated rings. The molecule has 0 aliphatic heterocycles. The van der Waals surface area contributed by atoms with Crippen molar-refractivity contribution in [2.75, 3.05) is 6.54 Å². The molecule has 0 aliphatic rings. The van der Waals surface area contributed by atoms with Gasteiger partial charge in [-0.25, -0.2) is 4.98 Å². The molecule has 0 unspecified atom stereocenters. The van der Waals surface area contributed by atoms with Crippen LogP contribution in [0, 0.1) is 0 Å². The maximum atomic E-state index is 6.02. The first-order valence-electron chi connectivity index (χ1n) is 6.65. The fraction of sp³-hybridized carbons (Fsp3) is 0.400. The lowest BCUT2D eigenvalue weighted by Gasteiger charge is -1.99. The Hall–Kier alpha value is -0.900. The van der Waals surface area contributed by atoms with Crippen LogP contribution >= 0.6 is 22.9 Å². The topological polar surface area (TPSA) is 24.9 Å². The van der Waals surface area contributed by atoms with E-state index in [9.17, 15) is 0 Å². The quantitative estimate of drug-likeness (QED) is 0.869. The molecule has 4 heteroatoms. The predicted octanol–water partition coefficient (Wildman–Crippen LogP) is 4.06. The van der Waals surface area contributed by atoms with E-state index in [1.165, 1.54) is 21.1 Å². The zero-order valence-electron chi connectivity index (χ0n) is 11.4. The van der Waals surface area contributed by atoms with Gasteiger partial charge in [0.2, 0.25) is 0 Å². The van der Waals surface area contributed by atoms with Crippen molar-refractivity contribution in [2.24, 2.45) is 0 Å². The van der Waals surface area contributed by atoms with E-state index in [1.807, 2.05) is 29.5 Å². The van der Waals surface area contributed by atoms with Gasteiger partial charge in [-0.2, -0.15) is 0 Å². The van der Waals surface area contributed by atoms with Crippen LogP contribution in [0.3, 0.4) is 0 Å². The van der Waals surface area contributed by atoms with Crippen molar-refractivity contribution in [3.63, 3.8) is 0 Å². The van der Waals surface area contributed by atoms with Crippen molar-refractivity contribution in [1.82, 2.24) is 10.3 Å². The van der Waals surface area contributed by atoms with Gasteiger partial charge in [-0.05, 0) is 30.7 Å². The fourth-order valence-electron chi connectivity index (χ4n) is 1.99. The van der Waals surface area contributed by atoms with Gasteiger partial charge in [0.25, 0.3) is 0 Å². The van der Waals surface area contributed by atoms with Crippen LogP contribution < -0.4 is 5.32 Å². The van der Waals surface area contributed by atoms with Crippen molar-refractivity contribution in [3.8, 4) is 0 Å². The highest BCUT2D eigenvalue weighted by atomic mass is 35.5. The van der Waals surface area contributed by atoms with Crippen LogP contribution in [0.2, 0.25) is 5.02 Å². The third kappa shape index (κ3) is 4.03. The smallest absolute Gasteiger partial charge is 0.0975 e. The number of halogens is 1. The molecule has 1 aromatic carbocycles. The van der Waals surface area contributed by atoms with Crippen molar-refractivity contribution in [2.45, 2.75) is 33.2 Å². The lowest BCUT2D eigenvalue weighted by Crippen LogP contribution is -2.11. The van der Waals surface area contributed by atoms with Crippen molar-refractivity contribution in [1.29, 1.82) is 0 Å². The Morgan fingerprint density at radius 3 is 2.84 bits per heavy atom. The molecule has 0 saturated heterocycles. The molecule has 0 spiro atoms. The standard InChI is InChI=1S/C15H19ClN2S/c1-3-13-14(10-17-4-2)19-15(18-13)9-11-6-5-7-12(16)8-11/h5-8,17H,3-4,9-10H2,1-2H3. The summed E-state index contributed by atoms with van der Waals surface area (Å²) < 4.78 is 0. The van der Waals surface area contributed by atoms with Crippen LogP contribution in [0.25, 0.3) is 0 Å². The predicted molar refractivity (Wildman–Crippen MR) is 83.1 cm³/mol. The summed E-state index contributed by atoms with van der Waals surface area (Å²) in [6.07, 6.45) is 1.86. The molecule has 1 heterocycles. The first-order chi connectivity index (χ1) is 9.22. The second-order valence-electron chi connectivity index (χ2n) is 4.42. The number of hydrogen-bond acceptors (Lipinski definition) is 3. The third-order valence-corrected chi connectivity index (χ3v) is 4.27. The van der Waals surface area contributed by atoms with Gasteiger partial charge in [-0.1, -0.05) is 37.6 Å². The summed E-state index contributed by atoms with van der Waals surface area (Å²) in [4.78, 5) is 6.10. The zero-order chi connectivity index (χ0) is 13.7. The van der Waals surface area contributed by atoms with Gasteiger partial charge in [-0.3, -0.25) is 0 Å². The van der Waals surface area contributed by atoms with Crippen LogP contribution in [-0.4, -0.2) is 11.5 Å². The molecule has 0 bridgehead atoms. The molecule has 0 amide bonds. The number of hydrogen-bond donors (Lipinski definition) is 1. The number of nitrogens with one attached hydrogen (secondary N) is 1. The van der Waals surface area contributed by atoms with E-state index in [4.69, 9.17) is 16.6 Å². The van der Waals surface area contributed by atoms with E-state index >= 15 is 0 Å². The van der Waals surface area contributed by atoms with E-state index in [0.717, 1.165) is 31.0 Å². The third-order valence-electron chi connectivity index (χ3n) is 2.94. The Morgan fingerprint density at radius 2 is 2.16 bits per heavy atom. The highest BCUT2D eigenvalue weighted by Crippen LogP contribution is 2.22. The molecular weight excluding hydrogens is 276 g/mol. The molecule has 2 nitrogen and oxygen atoms in total. The summed E-state index contributed by atoms with van der Waals surface area (Å²) in [6, 6.07) is 8.01. The van der Waals surface area contributed by atoms with Gasteiger partial charge in [0, 0.05) is 22.9 Å². The Bertz CT molecular complexity index is 537. The average Bonchev–Trinajstić information content (AvgIpc) is 2.78. The van der Waals surface area contributed by atoms with E-state index in [1.54, 1.807) is 0 Å². The molecule has 0 aliphatic carbocycles. The summed E-state index contributed by atoms with van der Waals surface area (Å²) >= 11 is 7.82.